The fraction of sp³-hybridized carbons (Fsp3) is 0.0500. The van der Waals surface area contributed by atoms with E-state index in [9.17, 15) is 9.59 Å². The Kier molecular flexibility index (Phi) is 5.16. The van der Waals surface area contributed by atoms with E-state index in [4.69, 9.17) is 16.9 Å². The summed E-state index contributed by atoms with van der Waals surface area (Å²) in [4.78, 5) is 24.6. The zero-order valence-electron chi connectivity index (χ0n) is 13.6. The number of carbonyl (C=O) groups excluding carboxylic acids is 1. The van der Waals surface area contributed by atoms with Crippen LogP contribution in [0.2, 0.25) is 5.02 Å². The van der Waals surface area contributed by atoms with Gasteiger partial charge in [0.25, 0.3) is 11.5 Å². The van der Waals surface area contributed by atoms with E-state index in [1.54, 1.807) is 6.07 Å². The van der Waals surface area contributed by atoms with Crippen LogP contribution in [0.1, 0.15) is 21.5 Å². The number of aromatic nitrogens is 1. The van der Waals surface area contributed by atoms with Crippen molar-refractivity contribution in [2.75, 3.05) is 5.32 Å². The molecule has 0 saturated heterocycles. The van der Waals surface area contributed by atoms with Crippen molar-refractivity contribution >= 4 is 23.2 Å². The molecule has 26 heavy (non-hydrogen) atoms. The minimum absolute atomic E-state index is 0.203. The van der Waals surface area contributed by atoms with E-state index in [-0.39, 0.29) is 5.56 Å². The summed E-state index contributed by atoms with van der Waals surface area (Å²) in [6, 6.07) is 18.9. The fourth-order valence-corrected chi connectivity index (χ4v) is 2.65. The number of amides is 1. The van der Waals surface area contributed by atoms with Gasteiger partial charge in [-0.3, -0.25) is 9.59 Å². The van der Waals surface area contributed by atoms with E-state index in [2.05, 4.69) is 5.32 Å². The van der Waals surface area contributed by atoms with Gasteiger partial charge in [0.15, 0.2) is 0 Å². The molecule has 1 heterocycles. The van der Waals surface area contributed by atoms with Crippen molar-refractivity contribution in [3.63, 3.8) is 0 Å². The Morgan fingerprint density at radius 1 is 1.12 bits per heavy atom. The molecule has 0 fully saturated rings. The number of carbonyl (C=O) groups is 1. The Hall–Kier alpha value is -3.36. The first kappa shape index (κ1) is 17.5. The number of nitrogens with one attached hydrogen (secondary N) is 1. The summed E-state index contributed by atoms with van der Waals surface area (Å²) in [6.07, 6.45) is 1.50. The van der Waals surface area contributed by atoms with E-state index in [0.717, 1.165) is 5.56 Å². The van der Waals surface area contributed by atoms with Gasteiger partial charge in [0.2, 0.25) is 0 Å². The fourth-order valence-electron chi connectivity index (χ4n) is 2.48. The van der Waals surface area contributed by atoms with Crippen molar-refractivity contribution in [3.8, 4) is 6.07 Å². The predicted molar refractivity (Wildman–Crippen MR) is 100 cm³/mol. The summed E-state index contributed by atoms with van der Waals surface area (Å²) in [7, 11) is 0. The molecule has 0 aliphatic rings. The number of hydrogen-bond donors (Lipinski definition) is 1. The lowest BCUT2D eigenvalue weighted by Gasteiger charge is -2.10. The van der Waals surface area contributed by atoms with E-state index >= 15 is 0 Å². The molecular formula is C20H14ClN3O2. The molecular weight excluding hydrogens is 350 g/mol. The lowest BCUT2D eigenvalue weighted by atomic mass is 10.1. The van der Waals surface area contributed by atoms with Gasteiger partial charge >= 0.3 is 0 Å². The van der Waals surface area contributed by atoms with Crippen molar-refractivity contribution < 1.29 is 4.79 Å². The van der Waals surface area contributed by atoms with Crippen LogP contribution >= 0.6 is 11.6 Å². The van der Waals surface area contributed by atoms with Crippen molar-refractivity contribution in [2.24, 2.45) is 0 Å². The van der Waals surface area contributed by atoms with Gasteiger partial charge < -0.3 is 9.88 Å². The number of nitrogens with zero attached hydrogens (tertiary/aromatic N) is 2. The minimum atomic E-state index is -0.425. The van der Waals surface area contributed by atoms with Gasteiger partial charge in [-0.1, -0.05) is 41.9 Å². The monoisotopic (exact) mass is 363 g/mol. The van der Waals surface area contributed by atoms with Crippen LogP contribution in [-0.4, -0.2) is 10.5 Å². The molecule has 3 rings (SSSR count). The largest absolute Gasteiger partial charge is 0.321 e. The van der Waals surface area contributed by atoms with Crippen LogP contribution in [0.3, 0.4) is 0 Å². The Labute approximate surface area is 155 Å². The number of anilines is 1. The highest BCUT2D eigenvalue weighted by atomic mass is 35.5. The van der Waals surface area contributed by atoms with E-state index in [1.165, 1.54) is 35.0 Å². The second-order valence-corrected chi connectivity index (χ2v) is 6.06. The average molecular weight is 364 g/mol. The van der Waals surface area contributed by atoms with Gasteiger partial charge in [-0.15, -0.1) is 0 Å². The molecule has 1 N–H and O–H groups in total. The van der Waals surface area contributed by atoms with Crippen molar-refractivity contribution in [2.45, 2.75) is 6.54 Å². The highest BCUT2D eigenvalue weighted by Gasteiger charge is 2.11. The summed E-state index contributed by atoms with van der Waals surface area (Å²) in [5, 5.41) is 12.2. The third-order valence-electron chi connectivity index (χ3n) is 3.79. The van der Waals surface area contributed by atoms with E-state index < -0.39 is 5.91 Å². The summed E-state index contributed by atoms with van der Waals surface area (Å²) >= 11 is 5.93. The quantitative estimate of drug-likeness (QED) is 0.768. The number of nitriles is 1. The van der Waals surface area contributed by atoms with Gasteiger partial charge in [-0.25, -0.2) is 0 Å². The van der Waals surface area contributed by atoms with Crippen molar-refractivity contribution in [3.05, 3.63) is 98.9 Å². The van der Waals surface area contributed by atoms with Gasteiger partial charge in [-0.05, 0) is 29.8 Å². The van der Waals surface area contributed by atoms with Crippen molar-refractivity contribution in [1.29, 1.82) is 5.26 Å². The van der Waals surface area contributed by atoms with Gasteiger partial charge in [0, 0.05) is 17.3 Å². The van der Waals surface area contributed by atoms with Gasteiger partial charge in [0.1, 0.15) is 6.07 Å². The molecule has 1 amide bonds. The molecule has 128 valence electrons. The summed E-state index contributed by atoms with van der Waals surface area (Å²) in [5.41, 5.74) is 1.69. The lowest BCUT2D eigenvalue weighted by molar-refractivity contribution is 0.102. The smallest absolute Gasteiger partial charge is 0.257 e. The van der Waals surface area contributed by atoms with Crippen LogP contribution in [0, 0.1) is 11.3 Å². The van der Waals surface area contributed by atoms with Crippen LogP contribution in [0.15, 0.2) is 71.7 Å². The molecule has 0 unspecified atom stereocenters. The molecule has 1 aromatic heterocycles. The normalized spacial score (nSPS) is 10.2. The molecule has 2 aromatic carbocycles. The standard InChI is InChI=1S/C20H14ClN3O2/c21-17-8-6-15(11-22)18(10-17)23-20(26)16-7-9-19(25)24(13-16)12-14-4-2-1-3-5-14/h1-10,13H,12H2,(H,23,26). The Morgan fingerprint density at radius 3 is 2.62 bits per heavy atom. The topological polar surface area (TPSA) is 74.9 Å². The second kappa shape index (κ2) is 7.68. The van der Waals surface area contributed by atoms with Gasteiger partial charge in [0.05, 0.1) is 23.4 Å². The van der Waals surface area contributed by atoms with Crippen LogP contribution in [0.4, 0.5) is 5.69 Å². The molecule has 0 saturated carbocycles. The molecule has 5 nitrogen and oxygen atoms in total. The molecule has 6 heteroatoms. The first-order chi connectivity index (χ1) is 12.6. The minimum Gasteiger partial charge on any atom is -0.321 e. The van der Waals surface area contributed by atoms with Gasteiger partial charge in [-0.2, -0.15) is 5.26 Å². The lowest BCUT2D eigenvalue weighted by Crippen LogP contribution is -2.22. The second-order valence-electron chi connectivity index (χ2n) is 5.63. The molecule has 0 radical (unpaired) electrons. The highest BCUT2D eigenvalue weighted by Crippen LogP contribution is 2.21. The van der Waals surface area contributed by atoms with Crippen LogP contribution in [0.5, 0.6) is 0 Å². The molecule has 0 aliphatic carbocycles. The maximum Gasteiger partial charge on any atom is 0.257 e. The maximum absolute atomic E-state index is 12.5. The molecule has 0 spiro atoms. The SMILES string of the molecule is N#Cc1ccc(Cl)cc1NC(=O)c1ccc(=O)n(Cc2ccccc2)c1. The first-order valence-electron chi connectivity index (χ1n) is 7.82. The number of hydrogen-bond acceptors (Lipinski definition) is 3. The number of rotatable bonds is 4. The number of halogens is 1. The first-order valence-corrected chi connectivity index (χ1v) is 8.20. The summed E-state index contributed by atoms with van der Waals surface area (Å²) in [6.45, 7) is 0.363. The maximum atomic E-state index is 12.5. The van der Waals surface area contributed by atoms with Crippen LogP contribution in [-0.2, 0) is 6.54 Å². The van der Waals surface area contributed by atoms with Crippen molar-refractivity contribution in [1.82, 2.24) is 4.57 Å². The molecule has 0 atom stereocenters. The molecule has 0 aliphatic heterocycles. The highest BCUT2D eigenvalue weighted by molar-refractivity contribution is 6.31. The van der Waals surface area contributed by atoms with E-state index in [0.29, 0.717) is 28.4 Å². The van der Waals surface area contributed by atoms with Crippen LogP contribution in [0.25, 0.3) is 0 Å². The Balaban J connectivity index is 1.87. The molecule has 3 aromatic rings. The third kappa shape index (κ3) is 4.00. The summed E-state index contributed by atoms with van der Waals surface area (Å²) < 4.78 is 1.47. The average Bonchev–Trinajstić information content (AvgIpc) is 2.64. The Bertz CT molecular complexity index is 1050. The molecule has 0 bridgehead atoms. The van der Waals surface area contributed by atoms with Crippen LogP contribution < -0.4 is 10.9 Å². The zero-order chi connectivity index (χ0) is 18.5. The zero-order valence-corrected chi connectivity index (χ0v) is 14.4. The third-order valence-corrected chi connectivity index (χ3v) is 4.03. The van der Waals surface area contributed by atoms with E-state index in [1.807, 2.05) is 36.4 Å². The number of pyridine rings is 1. The predicted octanol–water partition coefficient (Wildman–Crippen LogP) is 3.67. The number of benzene rings is 2. The summed E-state index contributed by atoms with van der Waals surface area (Å²) in [5.74, 6) is -0.425. The Morgan fingerprint density at radius 2 is 1.88 bits per heavy atom.